The highest BCUT2D eigenvalue weighted by Crippen LogP contribution is 2.27. The van der Waals surface area contributed by atoms with Crippen LogP contribution in [0.3, 0.4) is 0 Å². The van der Waals surface area contributed by atoms with Crippen molar-refractivity contribution in [3.8, 4) is 0 Å². The van der Waals surface area contributed by atoms with Crippen LogP contribution in [0, 0.1) is 17.4 Å². The molecule has 3 aromatic rings. The molecule has 0 atom stereocenters. The average molecular weight is 441 g/mol. The van der Waals surface area contributed by atoms with Gasteiger partial charge < -0.3 is 5.32 Å². The zero-order chi connectivity index (χ0) is 17.8. The molecule has 0 saturated heterocycles. The number of hydrogen-bond donors (Lipinski definition) is 1. The first kappa shape index (κ1) is 17.7. The van der Waals surface area contributed by atoms with Gasteiger partial charge in [0, 0.05) is 9.26 Å². The Bertz CT molecular complexity index is 813. The van der Waals surface area contributed by atoms with E-state index in [9.17, 15) is 4.79 Å². The van der Waals surface area contributed by atoms with Crippen molar-refractivity contribution in [1.29, 1.82) is 0 Å². The normalized spacial score (nSPS) is 10.7. The fourth-order valence-corrected chi connectivity index (χ4v) is 3.33. The van der Waals surface area contributed by atoms with E-state index in [-0.39, 0.29) is 11.8 Å². The highest BCUT2D eigenvalue weighted by molar-refractivity contribution is 14.1. The van der Waals surface area contributed by atoms with E-state index in [1.807, 2.05) is 72.8 Å². The van der Waals surface area contributed by atoms with E-state index in [1.165, 1.54) is 14.7 Å². The molecule has 3 aromatic carbocycles. The second kappa shape index (κ2) is 7.83. The number of carbonyl (C=O) groups excluding carboxylic acids is 1. The Balaban J connectivity index is 1.95. The molecule has 3 rings (SSSR count). The van der Waals surface area contributed by atoms with Crippen LogP contribution in [0.5, 0.6) is 0 Å². The van der Waals surface area contributed by atoms with E-state index in [0.717, 1.165) is 16.8 Å². The minimum Gasteiger partial charge on any atom is -0.325 e. The van der Waals surface area contributed by atoms with Gasteiger partial charge >= 0.3 is 0 Å². The molecule has 126 valence electrons. The molecule has 0 aliphatic carbocycles. The zero-order valence-corrected chi connectivity index (χ0v) is 16.4. The Morgan fingerprint density at radius 2 is 1.28 bits per heavy atom. The number of amides is 1. The summed E-state index contributed by atoms with van der Waals surface area (Å²) >= 11 is 2.34. The summed E-state index contributed by atoms with van der Waals surface area (Å²) in [5.41, 5.74) is 5.17. The Labute approximate surface area is 162 Å². The molecule has 1 N–H and O–H groups in total. The summed E-state index contributed by atoms with van der Waals surface area (Å²) in [6.45, 7) is 4.13. The standard InChI is InChI=1S/C22H20INO/c1-15-13-19(14-16(2)21(15)23)24-22(25)20(17-9-5-3-6-10-17)18-11-7-4-8-12-18/h3-14,20H,1-2H3,(H,24,25). The number of halogens is 1. The van der Waals surface area contributed by atoms with Crippen molar-refractivity contribution in [2.24, 2.45) is 0 Å². The van der Waals surface area contributed by atoms with Gasteiger partial charge in [0.15, 0.2) is 0 Å². The van der Waals surface area contributed by atoms with Crippen LogP contribution in [0.25, 0.3) is 0 Å². The number of anilines is 1. The third-order valence-corrected chi connectivity index (χ3v) is 5.93. The van der Waals surface area contributed by atoms with Gasteiger partial charge in [-0.15, -0.1) is 0 Å². The van der Waals surface area contributed by atoms with E-state index >= 15 is 0 Å². The molecule has 0 bridgehead atoms. The van der Waals surface area contributed by atoms with Crippen molar-refractivity contribution in [3.05, 3.63) is 98.6 Å². The lowest BCUT2D eigenvalue weighted by atomic mass is 9.90. The second-order valence-corrected chi connectivity index (χ2v) is 7.25. The summed E-state index contributed by atoms with van der Waals surface area (Å²) in [5, 5.41) is 3.11. The molecule has 0 radical (unpaired) electrons. The Hall–Kier alpha value is -2.14. The fourth-order valence-electron chi connectivity index (χ4n) is 3.02. The molecule has 0 aliphatic heterocycles. The highest BCUT2D eigenvalue weighted by atomic mass is 127. The molecule has 0 aromatic heterocycles. The van der Waals surface area contributed by atoms with Gasteiger partial charge in [-0.2, -0.15) is 0 Å². The summed E-state index contributed by atoms with van der Waals surface area (Å²) < 4.78 is 1.23. The molecule has 0 saturated carbocycles. The number of rotatable bonds is 4. The van der Waals surface area contributed by atoms with Gasteiger partial charge in [0.2, 0.25) is 5.91 Å². The quantitative estimate of drug-likeness (QED) is 0.519. The highest BCUT2D eigenvalue weighted by Gasteiger charge is 2.22. The van der Waals surface area contributed by atoms with Gasteiger partial charge in [0.1, 0.15) is 0 Å². The number of nitrogens with one attached hydrogen (secondary N) is 1. The van der Waals surface area contributed by atoms with Gasteiger partial charge in [-0.1, -0.05) is 60.7 Å². The molecular formula is C22H20INO. The van der Waals surface area contributed by atoms with E-state index < -0.39 is 0 Å². The van der Waals surface area contributed by atoms with Crippen LogP contribution >= 0.6 is 22.6 Å². The SMILES string of the molecule is Cc1cc(NC(=O)C(c2ccccc2)c2ccccc2)cc(C)c1I. The minimum atomic E-state index is -0.331. The molecule has 3 heteroatoms. The van der Waals surface area contributed by atoms with E-state index in [0.29, 0.717) is 0 Å². The van der Waals surface area contributed by atoms with Crippen LogP contribution < -0.4 is 5.32 Å². The number of aryl methyl sites for hydroxylation is 2. The lowest BCUT2D eigenvalue weighted by Gasteiger charge is -2.18. The zero-order valence-electron chi connectivity index (χ0n) is 14.3. The van der Waals surface area contributed by atoms with E-state index in [2.05, 4.69) is 41.8 Å². The number of benzene rings is 3. The third-order valence-electron chi connectivity index (χ3n) is 4.23. The van der Waals surface area contributed by atoms with Gasteiger partial charge in [-0.25, -0.2) is 0 Å². The van der Waals surface area contributed by atoms with Crippen LogP contribution in [0.2, 0.25) is 0 Å². The molecule has 0 unspecified atom stereocenters. The molecule has 1 amide bonds. The van der Waals surface area contributed by atoms with Crippen LogP contribution in [-0.2, 0) is 4.79 Å². The topological polar surface area (TPSA) is 29.1 Å². The van der Waals surface area contributed by atoms with Crippen molar-refractivity contribution < 1.29 is 4.79 Å². The van der Waals surface area contributed by atoms with Crippen LogP contribution in [-0.4, -0.2) is 5.91 Å². The van der Waals surface area contributed by atoms with Crippen molar-refractivity contribution in [2.75, 3.05) is 5.32 Å². The lowest BCUT2D eigenvalue weighted by molar-refractivity contribution is -0.116. The first-order chi connectivity index (χ1) is 12.1. The summed E-state index contributed by atoms with van der Waals surface area (Å²) in [6.07, 6.45) is 0. The van der Waals surface area contributed by atoms with Crippen LogP contribution in [0.4, 0.5) is 5.69 Å². The maximum Gasteiger partial charge on any atom is 0.236 e. The first-order valence-corrected chi connectivity index (χ1v) is 9.31. The van der Waals surface area contributed by atoms with Gasteiger partial charge in [-0.05, 0) is 70.8 Å². The van der Waals surface area contributed by atoms with Gasteiger partial charge in [0.05, 0.1) is 5.92 Å². The maximum absolute atomic E-state index is 13.1. The average Bonchev–Trinajstić information content (AvgIpc) is 2.61. The Morgan fingerprint density at radius 3 is 1.72 bits per heavy atom. The monoisotopic (exact) mass is 441 g/mol. The van der Waals surface area contributed by atoms with Gasteiger partial charge in [0.25, 0.3) is 0 Å². The first-order valence-electron chi connectivity index (χ1n) is 8.24. The summed E-state index contributed by atoms with van der Waals surface area (Å²) in [4.78, 5) is 13.1. The Morgan fingerprint density at radius 1 is 0.840 bits per heavy atom. The van der Waals surface area contributed by atoms with Crippen molar-refractivity contribution in [2.45, 2.75) is 19.8 Å². The molecule has 0 aliphatic rings. The molecule has 2 nitrogen and oxygen atoms in total. The van der Waals surface area contributed by atoms with Crippen molar-refractivity contribution >= 4 is 34.2 Å². The summed E-state index contributed by atoms with van der Waals surface area (Å²) in [7, 11) is 0. The van der Waals surface area contributed by atoms with Crippen LogP contribution in [0.15, 0.2) is 72.8 Å². The van der Waals surface area contributed by atoms with Crippen molar-refractivity contribution in [3.63, 3.8) is 0 Å². The number of carbonyl (C=O) groups is 1. The van der Waals surface area contributed by atoms with E-state index in [4.69, 9.17) is 0 Å². The maximum atomic E-state index is 13.1. The minimum absolute atomic E-state index is 0.0163. The fraction of sp³-hybridized carbons (Fsp3) is 0.136. The van der Waals surface area contributed by atoms with Gasteiger partial charge in [-0.3, -0.25) is 4.79 Å². The largest absolute Gasteiger partial charge is 0.325 e. The third kappa shape index (κ3) is 4.10. The molecule has 0 heterocycles. The lowest BCUT2D eigenvalue weighted by Crippen LogP contribution is -2.22. The predicted octanol–water partition coefficient (Wildman–Crippen LogP) is 5.68. The predicted molar refractivity (Wildman–Crippen MR) is 112 cm³/mol. The van der Waals surface area contributed by atoms with Crippen molar-refractivity contribution in [1.82, 2.24) is 0 Å². The Kier molecular flexibility index (Phi) is 5.53. The second-order valence-electron chi connectivity index (χ2n) is 6.17. The van der Waals surface area contributed by atoms with Crippen LogP contribution in [0.1, 0.15) is 28.2 Å². The molecule has 25 heavy (non-hydrogen) atoms. The smallest absolute Gasteiger partial charge is 0.236 e. The number of hydrogen-bond acceptors (Lipinski definition) is 1. The molecular weight excluding hydrogens is 421 g/mol. The molecule has 0 spiro atoms. The molecule has 0 fully saturated rings. The summed E-state index contributed by atoms with van der Waals surface area (Å²) in [5.74, 6) is -0.348. The summed E-state index contributed by atoms with van der Waals surface area (Å²) in [6, 6.07) is 23.9. The van der Waals surface area contributed by atoms with E-state index in [1.54, 1.807) is 0 Å².